The van der Waals surface area contributed by atoms with Crippen LogP contribution in [0.5, 0.6) is 5.75 Å². The summed E-state index contributed by atoms with van der Waals surface area (Å²) in [5.74, 6) is 1.23. The quantitative estimate of drug-likeness (QED) is 0.261. The molecule has 1 amide bonds. The van der Waals surface area contributed by atoms with Crippen molar-refractivity contribution in [2.45, 2.75) is 19.8 Å². The number of anilines is 1. The Morgan fingerprint density at radius 3 is 2.57 bits per heavy atom. The summed E-state index contributed by atoms with van der Waals surface area (Å²) in [5.41, 5.74) is 2.11. The van der Waals surface area contributed by atoms with Gasteiger partial charge in [0.15, 0.2) is 11.3 Å². The van der Waals surface area contributed by atoms with Gasteiger partial charge in [0.1, 0.15) is 11.6 Å². The normalized spacial score (nSPS) is 10.6. The molecule has 0 radical (unpaired) electrons. The van der Waals surface area contributed by atoms with Crippen LogP contribution < -0.4 is 20.9 Å². The van der Waals surface area contributed by atoms with Gasteiger partial charge in [0, 0.05) is 24.7 Å². The Bertz CT molecular complexity index is 1110. The van der Waals surface area contributed by atoms with Crippen LogP contribution in [0.2, 0.25) is 0 Å². The SMILES string of the molecule is COc1ccc2nc(NCCCCNC(=O)c3ccccc3)c(=N)n(C(C)=N)c2c1. The van der Waals surface area contributed by atoms with Crippen molar-refractivity contribution in [2.24, 2.45) is 0 Å². The number of methoxy groups -OCH3 is 1. The number of nitrogens with zero attached hydrogens (tertiary/aromatic N) is 2. The third kappa shape index (κ3) is 4.83. The number of carbonyl (C=O) groups excluding carboxylic acids is 1. The third-order valence-electron chi connectivity index (χ3n) is 4.66. The molecule has 0 fully saturated rings. The van der Waals surface area contributed by atoms with Crippen LogP contribution in [0.15, 0.2) is 48.5 Å². The lowest BCUT2D eigenvalue weighted by Gasteiger charge is -2.14. The van der Waals surface area contributed by atoms with Crippen molar-refractivity contribution in [3.05, 3.63) is 59.6 Å². The Morgan fingerprint density at radius 2 is 1.87 bits per heavy atom. The van der Waals surface area contributed by atoms with Crippen molar-refractivity contribution in [3.63, 3.8) is 0 Å². The number of hydrogen-bond donors (Lipinski definition) is 4. The number of benzene rings is 2. The lowest BCUT2D eigenvalue weighted by Crippen LogP contribution is -2.29. The Kier molecular flexibility index (Phi) is 6.79. The molecule has 1 heterocycles. The van der Waals surface area contributed by atoms with E-state index < -0.39 is 0 Å². The van der Waals surface area contributed by atoms with Crippen LogP contribution in [-0.2, 0) is 0 Å². The second kappa shape index (κ2) is 9.69. The Balaban J connectivity index is 1.59. The van der Waals surface area contributed by atoms with Gasteiger partial charge >= 0.3 is 0 Å². The summed E-state index contributed by atoms with van der Waals surface area (Å²) in [7, 11) is 1.58. The molecule has 156 valence electrons. The number of carbonyl (C=O) groups is 1. The van der Waals surface area contributed by atoms with E-state index in [1.165, 1.54) is 4.57 Å². The van der Waals surface area contributed by atoms with E-state index in [9.17, 15) is 4.79 Å². The number of amides is 1. The summed E-state index contributed by atoms with van der Waals surface area (Å²) in [6.45, 7) is 2.82. The molecule has 8 heteroatoms. The standard InChI is InChI=1S/C22H26N6O2/c1-15(23)28-19-14-17(30-2)10-11-18(19)27-21(20(28)24)25-12-6-7-13-26-22(29)16-8-4-3-5-9-16/h3-5,8-11,14,23-24H,6-7,12-13H2,1-2H3,(H,25,27)(H,26,29). The van der Waals surface area contributed by atoms with Gasteiger partial charge in [-0.2, -0.15) is 0 Å². The molecule has 0 unspecified atom stereocenters. The number of hydrogen-bond acceptors (Lipinski definition) is 6. The van der Waals surface area contributed by atoms with Gasteiger partial charge < -0.3 is 15.4 Å². The number of aromatic nitrogens is 2. The number of nitrogens with one attached hydrogen (secondary N) is 4. The van der Waals surface area contributed by atoms with Crippen molar-refractivity contribution in [2.75, 3.05) is 25.5 Å². The lowest BCUT2D eigenvalue weighted by atomic mass is 10.2. The van der Waals surface area contributed by atoms with E-state index in [0.29, 0.717) is 41.3 Å². The van der Waals surface area contributed by atoms with Gasteiger partial charge in [-0.15, -0.1) is 0 Å². The average Bonchev–Trinajstić information content (AvgIpc) is 2.76. The van der Waals surface area contributed by atoms with Crippen molar-refractivity contribution < 1.29 is 9.53 Å². The second-order valence-corrected chi connectivity index (χ2v) is 6.84. The summed E-state index contributed by atoms with van der Waals surface area (Å²) in [4.78, 5) is 16.6. The van der Waals surface area contributed by atoms with Crippen molar-refractivity contribution in [1.82, 2.24) is 14.9 Å². The molecule has 30 heavy (non-hydrogen) atoms. The maximum atomic E-state index is 12.0. The van der Waals surface area contributed by atoms with Crippen molar-refractivity contribution in [3.8, 4) is 5.75 Å². The van der Waals surface area contributed by atoms with Gasteiger partial charge in [0.2, 0.25) is 0 Å². The first-order valence-electron chi connectivity index (χ1n) is 9.79. The largest absolute Gasteiger partial charge is 0.497 e. The van der Waals surface area contributed by atoms with Crippen molar-refractivity contribution >= 4 is 28.6 Å². The zero-order chi connectivity index (χ0) is 21.5. The monoisotopic (exact) mass is 406 g/mol. The highest BCUT2D eigenvalue weighted by atomic mass is 16.5. The maximum Gasteiger partial charge on any atom is 0.251 e. The van der Waals surface area contributed by atoms with Gasteiger partial charge in [-0.1, -0.05) is 18.2 Å². The minimum Gasteiger partial charge on any atom is -0.497 e. The summed E-state index contributed by atoms with van der Waals surface area (Å²) in [6.07, 6.45) is 1.60. The number of rotatable bonds is 8. The molecule has 3 aromatic rings. The number of ether oxygens (including phenoxy) is 1. The van der Waals surface area contributed by atoms with Crippen LogP contribution in [0.4, 0.5) is 5.82 Å². The molecule has 0 saturated heterocycles. The topological polar surface area (TPSA) is 116 Å². The molecular weight excluding hydrogens is 380 g/mol. The summed E-state index contributed by atoms with van der Waals surface area (Å²) in [5, 5.41) is 22.6. The van der Waals surface area contributed by atoms with E-state index in [-0.39, 0.29) is 17.2 Å². The average molecular weight is 406 g/mol. The lowest BCUT2D eigenvalue weighted by molar-refractivity contribution is 0.0953. The molecule has 0 aliphatic rings. The van der Waals surface area contributed by atoms with Gasteiger partial charge in [0.05, 0.1) is 18.1 Å². The van der Waals surface area contributed by atoms with E-state index in [1.807, 2.05) is 30.3 Å². The smallest absolute Gasteiger partial charge is 0.251 e. The van der Waals surface area contributed by atoms with Gasteiger partial charge in [-0.3, -0.25) is 20.2 Å². The van der Waals surface area contributed by atoms with Crippen LogP contribution >= 0.6 is 0 Å². The molecule has 0 bridgehead atoms. The highest BCUT2D eigenvalue weighted by molar-refractivity contribution is 5.94. The molecule has 4 N–H and O–H groups in total. The van der Waals surface area contributed by atoms with E-state index in [4.69, 9.17) is 15.6 Å². The summed E-state index contributed by atoms with van der Waals surface area (Å²) >= 11 is 0. The third-order valence-corrected chi connectivity index (χ3v) is 4.66. The van der Waals surface area contributed by atoms with Gasteiger partial charge in [-0.05, 0) is 44.0 Å². The van der Waals surface area contributed by atoms with E-state index in [1.54, 1.807) is 32.2 Å². The van der Waals surface area contributed by atoms with Crippen molar-refractivity contribution in [1.29, 1.82) is 10.8 Å². The Hall–Kier alpha value is -3.68. The highest BCUT2D eigenvalue weighted by Gasteiger charge is 2.11. The first-order chi connectivity index (χ1) is 14.5. The van der Waals surface area contributed by atoms with Crippen LogP contribution in [-0.4, -0.2) is 41.5 Å². The predicted octanol–water partition coefficient (Wildman–Crippen LogP) is 2.99. The molecular formula is C22H26N6O2. The zero-order valence-corrected chi connectivity index (χ0v) is 17.2. The van der Waals surface area contributed by atoms with Crippen LogP contribution in [0, 0.1) is 10.8 Å². The number of fused-ring (bicyclic) bond motifs is 1. The molecule has 0 atom stereocenters. The van der Waals surface area contributed by atoms with Crippen LogP contribution in [0.1, 0.15) is 30.1 Å². The number of unbranched alkanes of at least 4 members (excludes halogenated alkanes) is 1. The fourth-order valence-corrected chi connectivity index (χ4v) is 3.13. The fourth-order valence-electron chi connectivity index (χ4n) is 3.13. The molecule has 3 rings (SSSR count). The van der Waals surface area contributed by atoms with Gasteiger partial charge in [-0.25, -0.2) is 4.98 Å². The first kappa shape index (κ1) is 21.0. The minimum absolute atomic E-state index is 0.0777. The first-order valence-corrected chi connectivity index (χ1v) is 9.79. The molecule has 1 aromatic heterocycles. The van der Waals surface area contributed by atoms with E-state index >= 15 is 0 Å². The zero-order valence-electron chi connectivity index (χ0n) is 17.2. The summed E-state index contributed by atoms with van der Waals surface area (Å²) < 4.78 is 6.79. The van der Waals surface area contributed by atoms with Crippen LogP contribution in [0.25, 0.3) is 11.0 Å². The van der Waals surface area contributed by atoms with Crippen LogP contribution in [0.3, 0.4) is 0 Å². The van der Waals surface area contributed by atoms with E-state index in [0.717, 1.165) is 12.8 Å². The molecule has 0 aliphatic carbocycles. The second-order valence-electron chi connectivity index (χ2n) is 6.84. The molecule has 2 aromatic carbocycles. The Labute approximate surface area is 174 Å². The Morgan fingerprint density at radius 1 is 1.13 bits per heavy atom. The van der Waals surface area contributed by atoms with Gasteiger partial charge in [0.25, 0.3) is 5.91 Å². The predicted molar refractivity (Wildman–Crippen MR) is 117 cm³/mol. The molecule has 8 nitrogen and oxygen atoms in total. The summed E-state index contributed by atoms with van der Waals surface area (Å²) in [6, 6.07) is 14.5. The molecule has 0 aliphatic heterocycles. The maximum absolute atomic E-state index is 12.0. The molecule has 0 spiro atoms. The fraction of sp³-hybridized carbons (Fsp3) is 0.273. The minimum atomic E-state index is -0.0777. The van der Waals surface area contributed by atoms with E-state index in [2.05, 4.69) is 15.6 Å². The highest BCUT2D eigenvalue weighted by Crippen LogP contribution is 2.19. The molecule has 0 saturated carbocycles.